The Morgan fingerprint density at radius 1 is 0.854 bits per heavy atom. The van der Waals surface area contributed by atoms with Crippen molar-refractivity contribution < 1.29 is 23.9 Å². The van der Waals surface area contributed by atoms with E-state index in [1.165, 1.54) is 23.1 Å². The molecule has 9 nitrogen and oxygen atoms in total. The fourth-order valence-corrected chi connectivity index (χ4v) is 6.20. The van der Waals surface area contributed by atoms with Crippen LogP contribution in [0, 0.1) is 6.92 Å². The number of carbonyl (C=O) groups is 3. The van der Waals surface area contributed by atoms with Gasteiger partial charge in [-0.25, -0.2) is 4.98 Å². The molecule has 5 aromatic rings. The first-order chi connectivity index (χ1) is 23.2. The lowest BCUT2D eigenvalue weighted by molar-refractivity contribution is -0.115. The summed E-state index contributed by atoms with van der Waals surface area (Å²) in [6.45, 7) is 3.77. The second kappa shape index (κ2) is 15.9. The lowest BCUT2D eigenvalue weighted by Gasteiger charge is -2.13. The number of carbonyl (C=O) groups excluding carboxylic acids is 3. The van der Waals surface area contributed by atoms with E-state index < -0.39 is 17.1 Å². The lowest BCUT2D eigenvalue weighted by atomic mass is 10.1. The predicted octanol–water partition coefficient (Wildman–Crippen LogP) is 7.66. The molecule has 5 rings (SSSR count). The van der Waals surface area contributed by atoms with Crippen molar-refractivity contribution in [3.05, 3.63) is 125 Å². The predicted molar refractivity (Wildman–Crippen MR) is 193 cm³/mol. The number of ether oxygens (including phenoxy) is 2. The Kier molecular flexibility index (Phi) is 11.3. The van der Waals surface area contributed by atoms with Crippen LogP contribution in [0.1, 0.15) is 28.4 Å². The smallest absolute Gasteiger partial charge is 0.272 e. The second-order valence-corrected chi connectivity index (χ2v) is 12.9. The normalized spacial score (nSPS) is 11.7. The van der Waals surface area contributed by atoms with E-state index in [9.17, 15) is 14.4 Å². The van der Waals surface area contributed by atoms with Gasteiger partial charge in [-0.15, -0.1) is 23.1 Å². The molecule has 3 amide bonds. The summed E-state index contributed by atoms with van der Waals surface area (Å²) in [4.78, 5) is 44.7. The Morgan fingerprint density at radius 3 is 2.31 bits per heavy atom. The zero-order chi connectivity index (χ0) is 34.0. The van der Waals surface area contributed by atoms with E-state index >= 15 is 0 Å². The van der Waals surface area contributed by atoms with Crippen LogP contribution in [0.15, 0.2) is 113 Å². The number of aryl methyl sites for hydroxylation is 1. The summed E-state index contributed by atoms with van der Waals surface area (Å²) >= 11 is 2.72. The van der Waals surface area contributed by atoms with Crippen molar-refractivity contribution in [1.29, 1.82) is 0 Å². The topological polar surface area (TPSA) is 119 Å². The molecule has 0 spiro atoms. The molecule has 11 heteroatoms. The van der Waals surface area contributed by atoms with Crippen LogP contribution < -0.4 is 25.4 Å². The summed E-state index contributed by atoms with van der Waals surface area (Å²) in [5.74, 6) is 0.172. The van der Waals surface area contributed by atoms with Crippen molar-refractivity contribution in [3.63, 3.8) is 0 Å². The first-order valence-corrected chi connectivity index (χ1v) is 16.7. The Morgan fingerprint density at radius 2 is 1.60 bits per heavy atom. The third-order valence-corrected chi connectivity index (χ3v) is 8.96. The van der Waals surface area contributed by atoms with Crippen molar-refractivity contribution in [2.24, 2.45) is 0 Å². The van der Waals surface area contributed by atoms with Gasteiger partial charge in [-0.2, -0.15) is 0 Å². The third-order valence-electron chi connectivity index (χ3n) is 7.09. The summed E-state index contributed by atoms with van der Waals surface area (Å²) in [5.41, 5.74) is 4.45. The first-order valence-electron chi connectivity index (χ1n) is 14.9. The highest BCUT2D eigenvalue weighted by molar-refractivity contribution is 8.00. The van der Waals surface area contributed by atoms with Crippen molar-refractivity contribution in [3.8, 4) is 22.8 Å². The molecule has 0 radical (unpaired) electrons. The van der Waals surface area contributed by atoms with E-state index in [1.54, 1.807) is 56.7 Å². The van der Waals surface area contributed by atoms with Gasteiger partial charge in [0.15, 0.2) is 16.6 Å². The lowest BCUT2D eigenvalue weighted by Crippen LogP contribution is -2.30. The molecule has 1 heterocycles. The van der Waals surface area contributed by atoms with Gasteiger partial charge in [-0.3, -0.25) is 14.4 Å². The largest absolute Gasteiger partial charge is 0.493 e. The number of benzene rings is 4. The van der Waals surface area contributed by atoms with Gasteiger partial charge in [0.2, 0.25) is 5.91 Å². The Hall–Kier alpha value is -5.39. The number of thiazole rings is 1. The summed E-state index contributed by atoms with van der Waals surface area (Å²) in [6.07, 6.45) is 1.65. The minimum atomic E-state index is -0.468. The van der Waals surface area contributed by atoms with Crippen molar-refractivity contribution >= 4 is 57.7 Å². The van der Waals surface area contributed by atoms with Crippen LogP contribution >= 0.6 is 23.1 Å². The van der Waals surface area contributed by atoms with E-state index in [0.717, 1.165) is 21.6 Å². The summed E-state index contributed by atoms with van der Waals surface area (Å²) in [7, 11) is 3.16. The number of methoxy groups -OCH3 is 2. The van der Waals surface area contributed by atoms with E-state index in [1.807, 2.05) is 79.9 Å². The van der Waals surface area contributed by atoms with Crippen molar-refractivity contribution in [2.45, 2.75) is 24.0 Å². The molecule has 0 aliphatic carbocycles. The van der Waals surface area contributed by atoms with Gasteiger partial charge in [0, 0.05) is 27.1 Å². The fourth-order valence-electron chi connectivity index (χ4n) is 4.61. The molecule has 1 atom stereocenters. The minimum Gasteiger partial charge on any atom is -0.493 e. The number of nitrogens with one attached hydrogen (secondary N) is 3. The SMILES string of the molecule is COc1ccc(-c2csc(NC(=O)C(C)Sc3ccc(NC(=O)/C(=C/c4cccc(C)c4)NC(=O)c4ccccc4)cc3)n2)cc1OC. The molecule has 0 saturated carbocycles. The number of nitrogens with zero attached hydrogens (tertiary/aromatic N) is 1. The average molecular weight is 679 g/mol. The molecule has 3 N–H and O–H groups in total. The molecule has 0 aliphatic rings. The monoisotopic (exact) mass is 678 g/mol. The zero-order valence-electron chi connectivity index (χ0n) is 26.8. The maximum absolute atomic E-state index is 13.4. The Labute approximate surface area is 287 Å². The number of anilines is 2. The third kappa shape index (κ3) is 8.90. The molecule has 48 heavy (non-hydrogen) atoms. The second-order valence-electron chi connectivity index (χ2n) is 10.6. The van der Waals surface area contributed by atoms with Crippen molar-refractivity contribution in [1.82, 2.24) is 10.3 Å². The van der Waals surface area contributed by atoms with Gasteiger partial charge in [0.05, 0.1) is 25.2 Å². The van der Waals surface area contributed by atoms with Gasteiger partial charge in [0.1, 0.15) is 5.70 Å². The standard InChI is InChI=1S/C37H34N4O5S2/c1-23-9-8-10-25(19-23)20-30(39-35(43)26-11-6-5-7-12-26)36(44)38-28-14-16-29(17-15-28)48-24(2)34(42)41-37-40-31(22-47-37)27-13-18-32(45-3)33(21-27)46-4/h5-22,24H,1-4H3,(H,38,44)(H,39,43)(H,40,41,42)/b30-20-. The number of aromatic nitrogens is 1. The maximum atomic E-state index is 13.4. The molecule has 4 aromatic carbocycles. The Bertz CT molecular complexity index is 1940. The molecular weight excluding hydrogens is 645 g/mol. The molecule has 1 aromatic heterocycles. The van der Waals surface area contributed by atoms with Crippen LogP contribution in [0.25, 0.3) is 17.3 Å². The summed E-state index contributed by atoms with van der Waals surface area (Å²) in [6, 6.07) is 29.1. The molecule has 244 valence electrons. The van der Waals surface area contributed by atoms with Crippen LogP contribution in [-0.4, -0.2) is 42.2 Å². The van der Waals surface area contributed by atoms with Gasteiger partial charge in [-0.1, -0.05) is 48.0 Å². The van der Waals surface area contributed by atoms with Crippen LogP contribution in [0.3, 0.4) is 0 Å². The van der Waals surface area contributed by atoms with Gasteiger partial charge in [0.25, 0.3) is 11.8 Å². The van der Waals surface area contributed by atoms with Crippen LogP contribution in [0.4, 0.5) is 10.8 Å². The molecule has 0 aliphatic heterocycles. The van der Waals surface area contributed by atoms with Crippen LogP contribution in [-0.2, 0) is 9.59 Å². The molecular formula is C37H34N4O5S2. The Balaban J connectivity index is 1.20. The highest BCUT2D eigenvalue weighted by Crippen LogP contribution is 2.34. The molecule has 1 unspecified atom stereocenters. The van der Waals surface area contributed by atoms with Gasteiger partial charge < -0.3 is 25.4 Å². The van der Waals surface area contributed by atoms with E-state index in [0.29, 0.717) is 33.6 Å². The number of rotatable bonds is 12. The average Bonchev–Trinajstić information content (AvgIpc) is 3.57. The van der Waals surface area contributed by atoms with Crippen LogP contribution in [0.2, 0.25) is 0 Å². The highest BCUT2D eigenvalue weighted by Gasteiger charge is 2.18. The fraction of sp³-hybridized carbons (Fsp3) is 0.135. The number of amides is 3. The number of hydrogen-bond donors (Lipinski definition) is 3. The van der Waals surface area contributed by atoms with E-state index in [4.69, 9.17) is 9.47 Å². The van der Waals surface area contributed by atoms with Gasteiger partial charge >= 0.3 is 0 Å². The van der Waals surface area contributed by atoms with E-state index in [-0.39, 0.29) is 11.6 Å². The molecule has 0 bridgehead atoms. The van der Waals surface area contributed by atoms with Crippen LogP contribution in [0.5, 0.6) is 11.5 Å². The van der Waals surface area contributed by atoms with E-state index in [2.05, 4.69) is 20.9 Å². The van der Waals surface area contributed by atoms with Gasteiger partial charge in [-0.05, 0) is 80.1 Å². The minimum absolute atomic E-state index is 0.106. The number of hydrogen-bond acceptors (Lipinski definition) is 8. The molecule has 0 saturated heterocycles. The maximum Gasteiger partial charge on any atom is 0.272 e. The molecule has 0 fully saturated rings. The summed E-state index contributed by atoms with van der Waals surface area (Å²) in [5, 5.41) is 10.5. The zero-order valence-corrected chi connectivity index (χ0v) is 28.4. The quantitative estimate of drug-likeness (QED) is 0.0916. The highest BCUT2D eigenvalue weighted by atomic mass is 32.2. The number of thioether (sulfide) groups is 1. The summed E-state index contributed by atoms with van der Waals surface area (Å²) < 4.78 is 10.7. The first kappa shape index (κ1) is 34.0. The van der Waals surface area contributed by atoms with Crippen molar-refractivity contribution in [2.75, 3.05) is 24.9 Å².